The highest BCUT2D eigenvalue weighted by atomic mass is 16.5. The Labute approximate surface area is 172 Å². The first-order valence-corrected chi connectivity index (χ1v) is 10.3. The first-order valence-electron chi connectivity index (χ1n) is 10.3. The van der Waals surface area contributed by atoms with Crippen molar-refractivity contribution in [1.29, 1.82) is 0 Å². The van der Waals surface area contributed by atoms with Crippen LogP contribution in [0.5, 0.6) is 11.5 Å². The number of hydrogen-bond acceptors (Lipinski definition) is 5. The van der Waals surface area contributed by atoms with E-state index < -0.39 is 5.41 Å². The molecule has 6 heteroatoms. The lowest BCUT2D eigenvalue weighted by Crippen LogP contribution is -2.56. The fourth-order valence-corrected chi connectivity index (χ4v) is 5.71. The van der Waals surface area contributed by atoms with Crippen molar-refractivity contribution >= 4 is 17.4 Å². The van der Waals surface area contributed by atoms with Gasteiger partial charge in [-0.15, -0.1) is 0 Å². The molecule has 1 aliphatic carbocycles. The summed E-state index contributed by atoms with van der Waals surface area (Å²) in [5.41, 5.74) is 1.86. The number of nitrogens with zero attached hydrogens (tertiary/aromatic N) is 2. The van der Waals surface area contributed by atoms with Crippen LogP contribution in [-0.2, 0) is 15.0 Å². The van der Waals surface area contributed by atoms with Gasteiger partial charge in [0.2, 0.25) is 5.91 Å². The molecule has 3 aliphatic heterocycles. The molecule has 1 aromatic carbocycles. The van der Waals surface area contributed by atoms with Crippen LogP contribution in [0.4, 0.5) is 5.69 Å². The highest BCUT2D eigenvalue weighted by Gasteiger charge is 2.61. The molecule has 4 aliphatic rings. The van der Waals surface area contributed by atoms with Crippen molar-refractivity contribution in [2.45, 2.75) is 44.6 Å². The van der Waals surface area contributed by atoms with Crippen molar-refractivity contribution in [3.8, 4) is 11.5 Å². The van der Waals surface area contributed by atoms with Crippen LogP contribution in [0.2, 0.25) is 0 Å². The van der Waals surface area contributed by atoms with Gasteiger partial charge in [-0.1, -0.05) is 6.08 Å². The molecule has 1 amide bonds. The topological polar surface area (TPSA) is 59.1 Å². The highest BCUT2D eigenvalue weighted by molar-refractivity contribution is 6.11. The molecule has 2 saturated heterocycles. The zero-order valence-electron chi connectivity index (χ0n) is 17.9. The van der Waals surface area contributed by atoms with Gasteiger partial charge in [0.05, 0.1) is 31.4 Å². The Morgan fingerprint density at radius 2 is 1.90 bits per heavy atom. The lowest BCUT2D eigenvalue weighted by atomic mass is 9.60. The van der Waals surface area contributed by atoms with Crippen molar-refractivity contribution in [2.24, 2.45) is 5.92 Å². The molecule has 5 rings (SSSR count). The minimum absolute atomic E-state index is 0.0339. The average molecular weight is 399 g/mol. The number of ketones is 1. The number of benzene rings is 1. The monoisotopic (exact) mass is 398 g/mol. The Morgan fingerprint density at radius 1 is 1.21 bits per heavy atom. The number of ether oxygens (including phenoxy) is 2. The first-order chi connectivity index (χ1) is 13.9. The van der Waals surface area contributed by atoms with Crippen LogP contribution in [0, 0.1) is 5.92 Å². The van der Waals surface area contributed by atoms with Gasteiger partial charge >= 0.3 is 0 Å². The molecule has 0 radical (unpaired) electrons. The first kappa shape index (κ1) is 20.0. The summed E-state index contributed by atoms with van der Waals surface area (Å²) < 4.78 is 11.1. The Kier molecular flexibility index (Phi) is 4.93. The average Bonchev–Trinajstić information content (AvgIpc) is 3.03. The summed E-state index contributed by atoms with van der Waals surface area (Å²) in [6, 6.07) is 3.62. The lowest BCUT2D eigenvalue weighted by molar-refractivity contribution is -0.124. The van der Waals surface area contributed by atoms with E-state index in [-0.39, 0.29) is 23.7 Å². The molecular weight excluding hydrogens is 368 g/mol. The zero-order chi connectivity index (χ0) is 20.9. The van der Waals surface area contributed by atoms with Crippen LogP contribution < -0.4 is 14.4 Å². The molecule has 1 aromatic rings. The fraction of sp³-hybridized carbons (Fsp3) is 0.565. The number of amides is 1. The summed E-state index contributed by atoms with van der Waals surface area (Å²) in [7, 11) is 5.31. The predicted molar refractivity (Wildman–Crippen MR) is 112 cm³/mol. The number of hydrogen-bond donors (Lipinski definition) is 0. The molecule has 0 unspecified atom stereocenters. The van der Waals surface area contributed by atoms with Crippen LogP contribution in [-0.4, -0.2) is 57.0 Å². The van der Waals surface area contributed by atoms with E-state index in [1.54, 1.807) is 21.1 Å². The third-order valence-corrected chi connectivity index (χ3v) is 7.13. The molecule has 3 fully saturated rings. The number of allylic oxidation sites excluding steroid dienone is 2. The molecule has 2 bridgehead atoms. The smallest absolute Gasteiger partial charge is 0.224 e. The number of carbonyl (C=O) groups excluding carboxylic acids is 2. The minimum Gasteiger partial charge on any atom is -0.493 e. The van der Waals surface area contributed by atoms with Gasteiger partial charge in [-0.25, -0.2) is 0 Å². The van der Waals surface area contributed by atoms with E-state index in [0.29, 0.717) is 17.9 Å². The van der Waals surface area contributed by atoms with Crippen LogP contribution in [0.1, 0.15) is 38.7 Å². The van der Waals surface area contributed by atoms with Crippen LogP contribution >= 0.6 is 0 Å². The van der Waals surface area contributed by atoms with E-state index in [0.717, 1.165) is 42.8 Å². The van der Waals surface area contributed by atoms with Gasteiger partial charge in [-0.3, -0.25) is 9.59 Å². The maximum absolute atomic E-state index is 14.0. The molecular formula is C23H30N2O4. The summed E-state index contributed by atoms with van der Waals surface area (Å²) in [5, 5.41) is 0. The molecule has 1 spiro atoms. The Balaban J connectivity index is 2.02. The van der Waals surface area contributed by atoms with Crippen LogP contribution in [0.3, 0.4) is 0 Å². The van der Waals surface area contributed by atoms with Gasteiger partial charge in [-0.05, 0) is 69.4 Å². The molecule has 1 saturated carbocycles. The van der Waals surface area contributed by atoms with E-state index >= 15 is 0 Å². The SMILES string of the molecule is CC=C1C(=O)[C@]23CCN(C)CC[C@H]1C[C@@H]2N(C(C)=O)c1cc(OC)c(OC)cc13. The summed E-state index contributed by atoms with van der Waals surface area (Å²) in [6.07, 6.45) is 4.41. The van der Waals surface area contributed by atoms with Crippen LogP contribution in [0.15, 0.2) is 23.8 Å². The maximum Gasteiger partial charge on any atom is 0.224 e. The molecule has 3 heterocycles. The van der Waals surface area contributed by atoms with E-state index in [1.165, 1.54) is 0 Å². The number of carbonyl (C=O) groups is 2. The van der Waals surface area contributed by atoms with Crippen molar-refractivity contribution in [2.75, 3.05) is 39.3 Å². The number of anilines is 1. The van der Waals surface area contributed by atoms with Crippen molar-refractivity contribution in [3.63, 3.8) is 0 Å². The third-order valence-electron chi connectivity index (χ3n) is 7.13. The second-order valence-electron chi connectivity index (χ2n) is 8.45. The van der Waals surface area contributed by atoms with E-state index in [2.05, 4.69) is 11.9 Å². The summed E-state index contributed by atoms with van der Waals surface area (Å²) in [6.45, 7) is 5.32. The number of Topliss-reactive ketones (excluding diaryl/α,β-unsaturated/α-hetero) is 1. The molecule has 0 N–H and O–H groups in total. The third kappa shape index (κ3) is 2.72. The molecule has 0 aromatic heterocycles. The fourth-order valence-electron chi connectivity index (χ4n) is 5.71. The molecule has 3 atom stereocenters. The van der Waals surface area contributed by atoms with Gasteiger partial charge in [0.15, 0.2) is 17.3 Å². The van der Waals surface area contributed by atoms with Crippen molar-refractivity contribution in [1.82, 2.24) is 4.90 Å². The van der Waals surface area contributed by atoms with E-state index in [1.807, 2.05) is 30.0 Å². The Morgan fingerprint density at radius 3 is 2.52 bits per heavy atom. The predicted octanol–water partition coefficient (Wildman–Crippen LogP) is 2.94. The second kappa shape index (κ2) is 7.17. The Bertz CT molecular complexity index is 893. The number of rotatable bonds is 2. The summed E-state index contributed by atoms with van der Waals surface area (Å²) in [5.74, 6) is 1.48. The van der Waals surface area contributed by atoms with Gasteiger partial charge in [0.1, 0.15) is 0 Å². The van der Waals surface area contributed by atoms with Gasteiger partial charge in [-0.2, -0.15) is 0 Å². The van der Waals surface area contributed by atoms with E-state index in [9.17, 15) is 9.59 Å². The molecule has 6 nitrogen and oxygen atoms in total. The highest BCUT2D eigenvalue weighted by Crippen LogP contribution is 2.57. The van der Waals surface area contributed by atoms with E-state index in [4.69, 9.17) is 9.47 Å². The largest absolute Gasteiger partial charge is 0.493 e. The summed E-state index contributed by atoms with van der Waals surface area (Å²) >= 11 is 0. The van der Waals surface area contributed by atoms with Gasteiger partial charge < -0.3 is 19.3 Å². The van der Waals surface area contributed by atoms with Crippen molar-refractivity contribution in [3.05, 3.63) is 29.3 Å². The van der Waals surface area contributed by atoms with Crippen molar-refractivity contribution < 1.29 is 19.1 Å². The number of fused-ring (bicyclic) bond motifs is 6. The standard InChI is InChI=1S/C23H30N2O4/c1-6-16-15-7-9-24(3)10-8-23(22(16)27)17-12-19(28-4)20(29-5)13-18(17)25(14(2)26)21(23)11-15/h6,12-13,15,21H,7-11H2,1-5H3/t15-,21-,23-/m0/s1. The maximum atomic E-state index is 14.0. The quantitative estimate of drug-likeness (QED) is 0.717. The number of methoxy groups -OCH3 is 2. The second-order valence-corrected chi connectivity index (χ2v) is 8.45. The Hall–Kier alpha value is -2.34. The molecule has 29 heavy (non-hydrogen) atoms. The minimum atomic E-state index is -0.739. The normalized spacial score (nSPS) is 30.4. The summed E-state index contributed by atoms with van der Waals surface area (Å²) in [4.78, 5) is 31.0. The van der Waals surface area contributed by atoms with Gasteiger partial charge in [0, 0.05) is 13.0 Å². The zero-order valence-corrected chi connectivity index (χ0v) is 17.9. The van der Waals surface area contributed by atoms with Gasteiger partial charge in [0.25, 0.3) is 0 Å². The lowest BCUT2D eigenvalue weighted by Gasteiger charge is -2.44. The molecule has 156 valence electrons. The van der Waals surface area contributed by atoms with Crippen LogP contribution in [0.25, 0.3) is 0 Å².